The average molecular weight is 447 g/mol. The third kappa shape index (κ3) is 4.72. The zero-order chi connectivity index (χ0) is 22.0. The van der Waals surface area contributed by atoms with Crippen molar-refractivity contribution in [2.75, 3.05) is 10.6 Å². The van der Waals surface area contributed by atoms with E-state index in [1.165, 1.54) is 0 Å². The molecule has 0 unspecified atom stereocenters. The van der Waals surface area contributed by atoms with Crippen LogP contribution < -0.4 is 15.4 Å². The van der Waals surface area contributed by atoms with Crippen molar-refractivity contribution in [3.05, 3.63) is 82.6 Å². The lowest BCUT2D eigenvalue weighted by molar-refractivity contribution is 0.262. The van der Waals surface area contributed by atoms with E-state index in [0.29, 0.717) is 33.4 Å². The molecule has 4 aromatic rings. The predicted octanol–water partition coefficient (Wildman–Crippen LogP) is 5.86. The van der Waals surface area contributed by atoms with Crippen LogP contribution >= 0.6 is 11.6 Å². The molecule has 0 bridgehead atoms. The summed E-state index contributed by atoms with van der Waals surface area (Å²) in [4.78, 5) is 12.3. The fourth-order valence-corrected chi connectivity index (χ4v) is 3.04. The molecule has 10 heteroatoms. The number of nitrogens with zero attached hydrogens (tertiary/aromatic N) is 1. The lowest BCUT2D eigenvalue weighted by atomic mass is 10.2. The van der Waals surface area contributed by atoms with Crippen LogP contribution in [0.5, 0.6) is 5.75 Å². The molecule has 6 nitrogen and oxygen atoms in total. The number of amides is 2. The molecule has 0 spiro atoms. The molecule has 4 rings (SSSR count). The molecular weight excluding hydrogens is 433 g/mol. The summed E-state index contributed by atoms with van der Waals surface area (Å²) in [6.45, 7) is -0.315. The first kappa shape index (κ1) is 20.5. The third-order valence-electron chi connectivity index (χ3n) is 4.33. The monoisotopic (exact) mass is 446 g/mol. The molecule has 3 N–H and O–H groups in total. The molecular formula is C21H14ClF3N4O2. The van der Waals surface area contributed by atoms with E-state index in [2.05, 4.69) is 20.8 Å². The third-order valence-corrected chi connectivity index (χ3v) is 4.57. The normalized spacial score (nSPS) is 10.8. The van der Waals surface area contributed by atoms with Gasteiger partial charge in [0.15, 0.2) is 17.5 Å². The van der Waals surface area contributed by atoms with Gasteiger partial charge in [0, 0.05) is 27.7 Å². The van der Waals surface area contributed by atoms with E-state index < -0.39 is 23.5 Å². The minimum absolute atomic E-state index is 0.134. The van der Waals surface area contributed by atoms with Gasteiger partial charge in [-0.2, -0.15) is 5.10 Å². The van der Waals surface area contributed by atoms with Gasteiger partial charge in [-0.1, -0.05) is 17.7 Å². The van der Waals surface area contributed by atoms with Crippen LogP contribution in [0, 0.1) is 17.5 Å². The first-order valence-electron chi connectivity index (χ1n) is 8.97. The Hall–Kier alpha value is -3.72. The summed E-state index contributed by atoms with van der Waals surface area (Å²) >= 11 is 5.90. The molecule has 0 saturated carbocycles. The number of carbonyl (C=O) groups is 1. The maximum Gasteiger partial charge on any atom is 0.324 e. The van der Waals surface area contributed by atoms with Crippen LogP contribution in [-0.4, -0.2) is 16.2 Å². The Balaban J connectivity index is 1.48. The van der Waals surface area contributed by atoms with Crippen LogP contribution in [0.25, 0.3) is 10.9 Å². The quantitative estimate of drug-likeness (QED) is 0.336. The molecule has 158 valence electrons. The van der Waals surface area contributed by atoms with Gasteiger partial charge in [0.25, 0.3) is 0 Å². The standard InChI is InChI=1S/C21H14ClF3N4O2/c22-12-2-1-3-13(7-12)26-21(30)27-20-15-8-14(4-5-19(15)28-29-20)31-10-11-6-17(24)18(25)9-16(11)23/h1-9H,10H2,(H3,26,27,28,29,30). The Morgan fingerprint density at radius 2 is 1.81 bits per heavy atom. The fourth-order valence-electron chi connectivity index (χ4n) is 2.85. The maximum atomic E-state index is 13.8. The first-order valence-corrected chi connectivity index (χ1v) is 9.35. The van der Waals surface area contributed by atoms with Crippen molar-refractivity contribution < 1.29 is 22.7 Å². The number of aromatic amines is 1. The largest absolute Gasteiger partial charge is 0.489 e. The molecule has 0 fully saturated rings. The van der Waals surface area contributed by atoms with Crippen molar-refractivity contribution in [1.82, 2.24) is 10.2 Å². The molecule has 1 heterocycles. The van der Waals surface area contributed by atoms with Gasteiger partial charge in [-0.25, -0.2) is 18.0 Å². The maximum absolute atomic E-state index is 13.8. The highest BCUT2D eigenvalue weighted by molar-refractivity contribution is 6.30. The summed E-state index contributed by atoms with van der Waals surface area (Å²) in [5.41, 5.74) is 0.984. The zero-order valence-corrected chi connectivity index (χ0v) is 16.4. The number of rotatable bonds is 5. The van der Waals surface area contributed by atoms with Gasteiger partial charge in [-0.15, -0.1) is 0 Å². The number of benzene rings is 3. The zero-order valence-electron chi connectivity index (χ0n) is 15.7. The highest BCUT2D eigenvalue weighted by Gasteiger charge is 2.13. The van der Waals surface area contributed by atoms with Gasteiger partial charge in [0.1, 0.15) is 18.2 Å². The number of anilines is 2. The Bertz CT molecular complexity index is 1280. The summed E-state index contributed by atoms with van der Waals surface area (Å²) in [5.74, 6) is -2.80. The van der Waals surface area contributed by atoms with Crippen LogP contribution in [0.15, 0.2) is 54.6 Å². The number of H-pyrrole nitrogens is 1. The lowest BCUT2D eigenvalue weighted by Crippen LogP contribution is -2.19. The minimum atomic E-state index is -1.27. The van der Waals surface area contributed by atoms with Crippen molar-refractivity contribution in [2.45, 2.75) is 6.61 Å². The molecule has 0 aliphatic heterocycles. The summed E-state index contributed by atoms with van der Waals surface area (Å²) in [5, 5.41) is 13.1. The number of hydrogen-bond acceptors (Lipinski definition) is 3. The molecule has 0 aliphatic rings. The van der Waals surface area contributed by atoms with Crippen LogP contribution in [0.2, 0.25) is 5.02 Å². The van der Waals surface area contributed by atoms with Crippen molar-refractivity contribution >= 4 is 40.0 Å². The molecule has 1 aromatic heterocycles. The number of carbonyl (C=O) groups excluding carboxylic acids is 1. The Kier molecular flexibility index (Phi) is 5.68. The number of hydrogen-bond donors (Lipinski definition) is 3. The molecule has 2 amide bonds. The van der Waals surface area contributed by atoms with Gasteiger partial charge < -0.3 is 10.1 Å². The highest BCUT2D eigenvalue weighted by Crippen LogP contribution is 2.26. The topological polar surface area (TPSA) is 79.0 Å². The van der Waals surface area contributed by atoms with Gasteiger partial charge in [-0.3, -0.25) is 10.4 Å². The Labute approximate surface area is 179 Å². The van der Waals surface area contributed by atoms with Crippen LogP contribution in [0.1, 0.15) is 5.56 Å². The predicted molar refractivity (Wildman–Crippen MR) is 111 cm³/mol. The Morgan fingerprint density at radius 3 is 2.61 bits per heavy atom. The molecule has 0 radical (unpaired) electrons. The lowest BCUT2D eigenvalue weighted by Gasteiger charge is -2.09. The highest BCUT2D eigenvalue weighted by atomic mass is 35.5. The van der Waals surface area contributed by atoms with E-state index in [1.807, 2.05) is 0 Å². The first-order chi connectivity index (χ1) is 14.9. The van der Waals surface area contributed by atoms with E-state index in [-0.39, 0.29) is 18.0 Å². The van der Waals surface area contributed by atoms with E-state index in [1.54, 1.807) is 42.5 Å². The van der Waals surface area contributed by atoms with E-state index in [4.69, 9.17) is 16.3 Å². The summed E-state index contributed by atoms with van der Waals surface area (Å²) in [7, 11) is 0. The minimum Gasteiger partial charge on any atom is -0.489 e. The second-order valence-corrected chi connectivity index (χ2v) is 6.95. The van der Waals surface area contributed by atoms with Crippen molar-refractivity contribution in [3.63, 3.8) is 0 Å². The fraction of sp³-hybridized carbons (Fsp3) is 0.0476. The SMILES string of the molecule is O=C(Nc1cccc(Cl)c1)Nc1n[nH]c2ccc(OCc3cc(F)c(F)cc3F)cc12. The van der Waals surface area contributed by atoms with Crippen LogP contribution in [0.4, 0.5) is 29.5 Å². The number of halogens is 4. The number of fused-ring (bicyclic) bond motifs is 1. The van der Waals surface area contributed by atoms with Crippen LogP contribution in [-0.2, 0) is 6.61 Å². The van der Waals surface area contributed by atoms with Gasteiger partial charge in [0.05, 0.1) is 5.52 Å². The molecule has 0 aliphatic carbocycles. The van der Waals surface area contributed by atoms with E-state index >= 15 is 0 Å². The van der Waals surface area contributed by atoms with Gasteiger partial charge >= 0.3 is 6.03 Å². The molecule has 0 atom stereocenters. The van der Waals surface area contributed by atoms with Gasteiger partial charge in [0.2, 0.25) is 0 Å². The van der Waals surface area contributed by atoms with E-state index in [0.717, 1.165) is 6.07 Å². The number of urea groups is 1. The molecule has 3 aromatic carbocycles. The summed E-state index contributed by atoms with van der Waals surface area (Å²) in [6.07, 6.45) is 0. The van der Waals surface area contributed by atoms with E-state index in [9.17, 15) is 18.0 Å². The van der Waals surface area contributed by atoms with Crippen molar-refractivity contribution in [2.24, 2.45) is 0 Å². The molecule has 31 heavy (non-hydrogen) atoms. The summed E-state index contributed by atoms with van der Waals surface area (Å²) < 4.78 is 45.7. The van der Waals surface area contributed by atoms with Crippen molar-refractivity contribution in [1.29, 1.82) is 0 Å². The Morgan fingerprint density at radius 1 is 1.00 bits per heavy atom. The second-order valence-electron chi connectivity index (χ2n) is 6.52. The average Bonchev–Trinajstić information content (AvgIpc) is 3.11. The summed E-state index contributed by atoms with van der Waals surface area (Å²) in [6, 6.07) is 12.1. The molecule has 0 saturated heterocycles. The smallest absolute Gasteiger partial charge is 0.324 e. The van der Waals surface area contributed by atoms with Crippen molar-refractivity contribution in [3.8, 4) is 5.75 Å². The van der Waals surface area contributed by atoms with Crippen LogP contribution in [0.3, 0.4) is 0 Å². The number of aromatic nitrogens is 2. The second kappa shape index (κ2) is 8.57. The van der Waals surface area contributed by atoms with Gasteiger partial charge in [-0.05, 0) is 42.5 Å². The number of ether oxygens (including phenoxy) is 1. The number of nitrogens with one attached hydrogen (secondary N) is 3.